The molecule has 0 aromatic heterocycles. The number of nitrogen functional groups attached to an aromatic ring is 1. The number of carboxylic acid groups (broad SMARTS) is 1. The van der Waals surface area contributed by atoms with E-state index in [0.29, 0.717) is 18.2 Å². The van der Waals surface area contributed by atoms with Gasteiger partial charge < -0.3 is 19.6 Å². The van der Waals surface area contributed by atoms with E-state index in [1.165, 1.54) is 0 Å². The molecule has 1 aliphatic carbocycles. The Morgan fingerprint density at radius 2 is 1.91 bits per heavy atom. The van der Waals surface area contributed by atoms with Gasteiger partial charge in [-0.1, -0.05) is 0 Å². The number of halogens is 1. The van der Waals surface area contributed by atoms with Crippen molar-refractivity contribution in [2.45, 2.75) is 84.0 Å². The Morgan fingerprint density at radius 3 is 2.44 bits per heavy atom. The molecule has 1 fully saturated rings. The molecule has 32 heavy (non-hydrogen) atoms. The van der Waals surface area contributed by atoms with Crippen molar-refractivity contribution in [1.82, 2.24) is 10.3 Å². The summed E-state index contributed by atoms with van der Waals surface area (Å²) in [5.74, 6) is 4.56. The molecule has 1 unspecified atom stereocenters. The molecule has 0 saturated heterocycles. The highest BCUT2D eigenvalue weighted by Gasteiger charge is 2.39. The number of anilines is 1. The van der Waals surface area contributed by atoms with Gasteiger partial charge in [-0.3, -0.25) is 10.2 Å². The van der Waals surface area contributed by atoms with Crippen LogP contribution in [0.15, 0.2) is 12.1 Å². The van der Waals surface area contributed by atoms with Gasteiger partial charge in [0.25, 0.3) is 5.91 Å². The highest BCUT2D eigenvalue weighted by atomic mass is 19.1. The molecular weight excluding hydrogens is 415 g/mol. The number of nitrogens with zero attached hydrogens (tertiary/aromatic N) is 2. The summed E-state index contributed by atoms with van der Waals surface area (Å²) in [5.41, 5.74) is 2.29. The summed E-state index contributed by atoms with van der Waals surface area (Å²) < 4.78 is 20.5. The summed E-state index contributed by atoms with van der Waals surface area (Å²) in [6, 6.07) is 2.83. The summed E-state index contributed by atoms with van der Waals surface area (Å²) in [5, 5.41) is 9.72. The van der Waals surface area contributed by atoms with E-state index >= 15 is 0 Å². The number of hydrogen-bond acceptors (Lipinski definition) is 5. The quantitative estimate of drug-likeness (QED) is 0.366. The van der Waals surface area contributed by atoms with Crippen LogP contribution in [0.2, 0.25) is 0 Å². The minimum Gasteiger partial charge on any atom is -0.484 e. The number of nitrogens with one attached hydrogen (secondary N) is 1. The number of fused-ring (bicyclic) bond motifs is 1. The van der Waals surface area contributed by atoms with Gasteiger partial charge >= 0.3 is 6.09 Å². The predicted molar refractivity (Wildman–Crippen MR) is 120 cm³/mol. The molecule has 0 radical (unpaired) electrons. The molecule has 0 bridgehead atoms. The van der Waals surface area contributed by atoms with Crippen LogP contribution in [0.25, 0.3) is 0 Å². The number of carbonyl (C=O) groups is 2. The largest absolute Gasteiger partial charge is 0.484 e. The topological polar surface area (TPSA) is 108 Å². The number of nitrogens with two attached hydrogens (primary N) is 1. The first-order valence-corrected chi connectivity index (χ1v) is 11.2. The third-order valence-electron chi connectivity index (χ3n) is 6.71. The highest BCUT2D eigenvalue weighted by Crippen LogP contribution is 2.41. The molecule has 1 aromatic rings. The predicted octanol–water partition coefficient (Wildman–Crippen LogP) is 3.74. The molecule has 4 N–H and O–H groups in total. The maximum Gasteiger partial charge on any atom is 0.407 e. The van der Waals surface area contributed by atoms with E-state index in [1.54, 1.807) is 11.0 Å². The van der Waals surface area contributed by atoms with Crippen LogP contribution in [-0.4, -0.2) is 52.3 Å². The lowest BCUT2D eigenvalue weighted by atomic mass is 9.79. The summed E-state index contributed by atoms with van der Waals surface area (Å²) in [4.78, 5) is 27.6. The number of benzene rings is 1. The van der Waals surface area contributed by atoms with E-state index in [9.17, 15) is 19.1 Å². The molecular formula is C23H35FN4O4. The molecule has 2 amide bonds. The molecule has 8 nitrogen and oxygen atoms in total. The normalized spacial score (nSPS) is 24.2. The van der Waals surface area contributed by atoms with Crippen molar-refractivity contribution in [1.29, 1.82) is 0 Å². The van der Waals surface area contributed by atoms with Crippen molar-refractivity contribution in [3.05, 3.63) is 23.5 Å². The Balaban J connectivity index is 1.81. The summed E-state index contributed by atoms with van der Waals surface area (Å²) >= 11 is 0. The fraction of sp³-hybridized carbons (Fsp3) is 0.652. The molecule has 3 rings (SSSR count). The van der Waals surface area contributed by atoms with Crippen LogP contribution in [0.3, 0.4) is 0 Å². The molecule has 2 aliphatic rings. The Bertz CT molecular complexity index is 864. The third-order valence-corrected chi connectivity index (χ3v) is 6.71. The van der Waals surface area contributed by atoms with Crippen LogP contribution >= 0.6 is 0 Å². The number of ether oxygens (including phenoxy) is 1. The zero-order chi connectivity index (χ0) is 23.8. The Morgan fingerprint density at radius 1 is 1.28 bits per heavy atom. The van der Waals surface area contributed by atoms with Crippen LogP contribution < -0.4 is 20.9 Å². The zero-order valence-electron chi connectivity index (χ0n) is 19.5. The van der Waals surface area contributed by atoms with Crippen molar-refractivity contribution < 1.29 is 23.8 Å². The smallest absolute Gasteiger partial charge is 0.407 e. The van der Waals surface area contributed by atoms with Crippen molar-refractivity contribution in [3.63, 3.8) is 0 Å². The van der Waals surface area contributed by atoms with E-state index in [4.69, 9.17) is 10.6 Å². The minimum absolute atomic E-state index is 0.0100. The first-order valence-electron chi connectivity index (χ1n) is 11.2. The number of rotatable bonds is 4. The van der Waals surface area contributed by atoms with E-state index in [2.05, 4.69) is 17.2 Å². The lowest BCUT2D eigenvalue weighted by Crippen LogP contribution is -2.53. The van der Waals surface area contributed by atoms with Gasteiger partial charge in [0, 0.05) is 23.2 Å². The SMILES string of the molecule is CC1CN([C@@H](C)C2CCC(N(C(=O)O)C(C)(C)C)CC2)c2cc(C(=O)NN)cc(F)c2O1. The van der Waals surface area contributed by atoms with E-state index in [0.717, 1.165) is 31.7 Å². The zero-order valence-corrected chi connectivity index (χ0v) is 19.5. The summed E-state index contributed by atoms with van der Waals surface area (Å²) in [6.45, 7) is 10.3. The molecule has 178 valence electrons. The van der Waals surface area contributed by atoms with Crippen LogP contribution in [0.5, 0.6) is 5.75 Å². The van der Waals surface area contributed by atoms with Crippen molar-refractivity contribution in [2.75, 3.05) is 11.4 Å². The van der Waals surface area contributed by atoms with Gasteiger partial charge in [0.15, 0.2) is 11.6 Å². The first kappa shape index (κ1) is 24.1. The number of hydrogen-bond donors (Lipinski definition) is 3. The standard InChI is InChI=1S/C23H35FN4O4/c1-13-12-27(19-11-16(21(29)26-25)10-18(24)20(19)32-13)14(2)15-6-8-17(9-7-15)28(22(30)31)23(3,4)5/h10-11,13-15,17H,6-9,12,25H2,1-5H3,(H,26,29)(H,30,31)/t13?,14-,15?,17?/m0/s1. The Hall–Kier alpha value is -2.55. The van der Waals surface area contributed by atoms with Crippen molar-refractivity contribution in [2.24, 2.45) is 11.8 Å². The number of carbonyl (C=O) groups excluding carboxylic acids is 1. The average Bonchev–Trinajstić information content (AvgIpc) is 2.71. The Kier molecular flexibility index (Phi) is 6.88. The average molecular weight is 451 g/mol. The number of amides is 2. The van der Waals surface area contributed by atoms with Crippen LogP contribution in [0.1, 0.15) is 70.7 Å². The molecule has 2 atom stereocenters. The third kappa shape index (κ3) is 4.77. The lowest BCUT2D eigenvalue weighted by molar-refractivity contribution is 0.0482. The van der Waals surface area contributed by atoms with Crippen molar-refractivity contribution in [3.8, 4) is 5.75 Å². The molecule has 1 aromatic carbocycles. The highest BCUT2D eigenvalue weighted by molar-refractivity contribution is 5.95. The first-order chi connectivity index (χ1) is 14.9. The van der Waals surface area contributed by atoms with Gasteiger partial charge in [0.1, 0.15) is 6.10 Å². The number of hydrazine groups is 1. The van der Waals surface area contributed by atoms with Crippen molar-refractivity contribution >= 4 is 17.7 Å². The maximum atomic E-state index is 14.8. The van der Waals surface area contributed by atoms with E-state index in [-0.39, 0.29) is 29.5 Å². The molecule has 1 aliphatic heterocycles. The fourth-order valence-electron chi connectivity index (χ4n) is 5.21. The second-order valence-corrected chi connectivity index (χ2v) is 9.99. The molecule has 0 spiro atoms. The van der Waals surface area contributed by atoms with Crippen LogP contribution in [0, 0.1) is 11.7 Å². The van der Waals surface area contributed by atoms with Gasteiger partial charge in [0.05, 0.1) is 12.2 Å². The minimum atomic E-state index is -0.883. The van der Waals surface area contributed by atoms with Gasteiger partial charge in [-0.2, -0.15) is 0 Å². The van der Waals surface area contributed by atoms with Gasteiger partial charge in [-0.15, -0.1) is 0 Å². The van der Waals surface area contributed by atoms with E-state index < -0.39 is 23.4 Å². The lowest BCUT2D eigenvalue weighted by Gasteiger charge is -2.46. The Labute approximate surface area is 188 Å². The second kappa shape index (κ2) is 9.13. The maximum absolute atomic E-state index is 14.8. The van der Waals surface area contributed by atoms with Gasteiger partial charge in [-0.05, 0) is 78.4 Å². The summed E-state index contributed by atoms with van der Waals surface area (Å²) in [7, 11) is 0. The molecule has 9 heteroatoms. The molecule has 1 saturated carbocycles. The summed E-state index contributed by atoms with van der Waals surface area (Å²) in [6.07, 6.45) is 2.24. The van der Waals surface area contributed by atoms with Gasteiger partial charge in [0.2, 0.25) is 0 Å². The fourth-order valence-corrected chi connectivity index (χ4v) is 5.21. The van der Waals surface area contributed by atoms with Gasteiger partial charge in [-0.25, -0.2) is 15.0 Å². The van der Waals surface area contributed by atoms with Crippen LogP contribution in [0.4, 0.5) is 14.9 Å². The van der Waals surface area contributed by atoms with Crippen LogP contribution in [-0.2, 0) is 0 Å². The monoisotopic (exact) mass is 450 g/mol. The molecule has 1 heterocycles. The second-order valence-electron chi connectivity index (χ2n) is 9.99. The van der Waals surface area contributed by atoms with E-state index in [1.807, 2.05) is 27.7 Å².